The molecule has 5 rings (SSSR count). The highest BCUT2D eigenvalue weighted by molar-refractivity contribution is 5.89. The van der Waals surface area contributed by atoms with Crippen molar-refractivity contribution in [3.63, 3.8) is 0 Å². The van der Waals surface area contributed by atoms with Crippen molar-refractivity contribution in [1.82, 2.24) is 10.6 Å². The lowest BCUT2D eigenvalue weighted by atomic mass is 9.48. The van der Waals surface area contributed by atoms with Crippen LogP contribution in [0.25, 0.3) is 0 Å². The molecule has 1 aromatic rings. The Kier molecular flexibility index (Phi) is 4.69. The van der Waals surface area contributed by atoms with Gasteiger partial charge in [-0.25, -0.2) is 0 Å². The monoisotopic (exact) mass is 424 g/mol. The molecule has 4 aliphatic rings. The van der Waals surface area contributed by atoms with Crippen LogP contribution in [0, 0.1) is 34.5 Å². The summed E-state index contributed by atoms with van der Waals surface area (Å²) in [6, 6.07) is 4.06. The first-order chi connectivity index (χ1) is 14.6. The lowest BCUT2D eigenvalue weighted by Crippen LogP contribution is -2.59. The molecule has 0 bridgehead atoms. The van der Waals surface area contributed by atoms with E-state index in [9.17, 15) is 9.59 Å². The van der Waals surface area contributed by atoms with Crippen molar-refractivity contribution in [3.8, 4) is 0 Å². The topological polar surface area (TPSA) is 71.3 Å². The molecule has 31 heavy (non-hydrogen) atoms. The minimum absolute atomic E-state index is 0.0414. The molecule has 168 valence electrons. The molecule has 2 heterocycles. The van der Waals surface area contributed by atoms with Gasteiger partial charge in [0.15, 0.2) is 0 Å². The van der Waals surface area contributed by atoms with Crippen LogP contribution in [0.4, 0.5) is 0 Å². The van der Waals surface area contributed by atoms with Gasteiger partial charge in [-0.15, -0.1) is 0 Å². The first-order valence-corrected chi connectivity index (χ1v) is 12.0. The molecule has 0 saturated heterocycles. The number of carbonyl (C=O) groups is 2. The van der Waals surface area contributed by atoms with E-state index < -0.39 is 5.54 Å². The van der Waals surface area contributed by atoms with Gasteiger partial charge in [0.25, 0.3) is 0 Å². The molecule has 3 saturated carbocycles. The SMILES string of the molecule is CC(C)(NC(=O)[C@H]1CC[C@H]2[C@@H]3CC[C@H]4NC(=O)C=C[C@]4(C)[C@H]3CC[C@]12C)c1ccco1. The molecule has 5 nitrogen and oxygen atoms in total. The number of furan rings is 1. The highest BCUT2D eigenvalue weighted by atomic mass is 16.3. The third kappa shape index (κ3) is 3.10. The third-order valence-electron chi connectivity index (χ3n) is 9.58. The maximum atomic E-state index is 13.5. The number of nitrogens with one attached hydrogen (secondary N) is 2. The summed E-state index contributed by atoms with van der Waals surface area (Å²) < 4.78 is 5.58. The van der Waals surface area contributed by atoms with Crippen LogP contribution in [0.5, 0.6) is 0 Å². The zero-order chi connectivity index (χ0) is 22.0. The van der Waals surface area contributed by atoms with Crippen molar-refractivity contribution in [1.29, 1.82) is 0 Å². The Labute approximate surface area is 185 Å². The van der Waals surface area contributed by atoms with Gasteiger partial charge >= 0.3 is 0 Å². The Morgan fingerprint density at radius 2 is 1.97 bits per heavy atom. The van der Waals surface area contributed by atoms with Crippen LogP contribution in [0.15, 0.2) is 35.0 Å². The van der Waals surface area contributed by atoms with E-state index in [1.807, 2.05) is 26.0 Å². The van der Waals surface area contributed by atoms with Gasteiger partial charge in [-0.1, -0.05) is 19.9 Å². The molecular weight excluding hydrogens is 388 g/mol. The maximum absolute atomic E-state index is 13.5. The summed E-state index contributed by atoms with van der Waals surface area (Å²) in [5.74, 6) is 2.88. The van der Waals surface area contributed by atoms with Crippen LogP contribution >= 0.6 is 0 Å². The van der Waals surface area contributed by atoms with E-state index in [2.05, 4.69) is 30.6 Å². The van der Waals surface area contributed by atoms with Crippen LogP contribution in [-0.2, 0) is 15.1 Å². The average molecular weight is 425 g/mol. The Morgan fingerprint density at radius 3 is 2.71 bits per heavy atom. The van der Waals surface area contributed by atoms with E-state index in [0.717, 1.165) is 44.3 Å². The molecule has 0 spiro atoms. The fourth-order valence-corrected chi connectivity index (χ4v) is 7.86. The second-order valence-corrected chi connectivity index (χ2v) is 11.5. The first-order valence-electron chi connectivity index (χ1n) is 12.0. The predicted molar refractivity (Wildman–Crippen MR) is 119 cm³/mol. The largest absolute Gasteiger partial charge is 0.467 e. The molecule has 0 radical (unpaired) electrons. The minimum atomic E-state index is -0.511. The fourth-order valence-electron chi connectivity index (χ4n) is 7.86. The van der Waals surface area contributed by atoms with Crippen molar-refractivity contribution in [2.75, 3.05) is 0 Å². The molecule has 2 amide bonds. The predicted octanol–water partition coefficient (Wildman–Crippen LogP) is 4.54. The van der Waals surface area contributed by atoms with Crippen molar-refractivity contribution >= 4 is 11.8 Å². The summed E-state index contributed by atoms with van der Waals surface area (Å²) in [7, 11) is 0. The number of hydrogen-bond donors (Lipinski definition) is 2. The summed E-state index contributed by atoms with van der Waals surface area (Å²) in [6.07, 6.45) is 12.1. The van der Waals surface area contributed by atoms with E-state index in [1.54, 1.807) is 12.3 Å². The second-order valence-electron chi connectivity index (χ2n) is 11.5. The van der Waals surface area contributed by atoms with Crippen molar-refractivity contribution in [2.45, 2.75) is 77.8 Å². The van der Waals surface area contributed by atoms with Crippen LogP contribution < -0.4 is 10.6 Å². The number of hydrogen-bond acceptors (Lipinski definition) is 3. The van der Waals surface area contributed by atoms with Gasteiger partial charge in [0.05, 0.1) is 11.8 Å². The Bertz CT molecular complexity index is 904. The molecule has 1 aromatic heterocycles. The summed E-state index contributed by atoms with van der Waals surface area (Å²) in [5.41, 5.74) is -0.419. The smallest absolute Gasteiger partial charge is 0.243 e. The zero-order valence-electron chi connectivity index (χ0n) is 19.2. The zero-order valence-corrected chi connectivity index (χ0v) is 19.2. The molecule has 0 aromatic carbocycles. The van der Waals surface area contributed by atoms with Crippen LogP contribution in [-0.4, -0.2) is 17.9 Å². The van der Waals surface area contributed by atoms with Crippen molar-refractivity contribution in [3.05, 3.63) is 36.3 Å². The number of carbonyl (C=O) groups excluding carboxylic acids is 2. The fraction of sp³-hybridized carbons (Fsp3) is 0.692. The normalized spacial score (nSPS) is 41.7. The molecule has 3 aliphatic carbocycles. The van der Waals surface area contributed by atoms with Crippen LogP contribution in [0.2, 0.25) is 0 Å². The van der Waals surface area contributed by atoms with Gasteiger partial charge in [-0.2, -0.15) is 0 Å². The Morgan fingerprint density at radius 1 is 1.16 bits per heavy atom. The highest BCUT2D eigenvalue weighted by Gasteiger charge is 2.61. The average Bonchev–Trinajstić information content (AvgIpc) is 3.36. The summed E-state index contributed by atoms with van der Waals surface area (Å²) in [5, 5.41) is 6.53. The third-order valence-corrected chi connectivity index (χ3v) is 9.58. The van der Waals surface area contributed by atoms with Crippen molar-refractivity contribution in [2.24, 2.45) is 34.5 Å². The van der Waals surface area contributed by atoms with Crippen molar-refractivity contribution < 1.29 is 14.0 Å². The van der Waals surface area contributed by atoms with Gasteiger partial charge < -0.3 is 15.1 Å². The Balaban J connectivity index is 1.36. The van der Waals surface area contributed by atoms with E-state index in [1.165, 1.54) is 0 Å². The van der Waals surface area contributed by atoms with E-state index >= 15 is 0 Å². The van der Waals surface area contributed by atoms with Crippen LogP contribution in [0.1, 0.15) is 72.0 Å². The van der Waals surface area contributed by atoms with E-state index in [0.29, 0.717) is 17.8 Å². The molecule has 2 N–H and O–H groups in total. The van der Waals surface area contributed by atoms with E-state index in [4.69, 9.17) is 4.42 Å². The Hall–Kier alpha value is -2.04. The number of amides is 2. The lowest BCUT2D eigenvalue weighted by Gasteiger charge is -2.58. The summed E-state index contributed by atoms with van der Waals surface area (Å²) >= 11 is 0. The van der Waals surface area contributed by atoms with Gasteiger partial charge in [-0.3, -0.25) is 9.59 Å². The van der Waals surface area contributed by atoms with E-state index in [-0.39, 0.29) is 34.6 Å². The number of fused-ring (bicyclic) bond motifs is 5. The lowest BCUT2D eigenvalue weighted by molar-refractivity contribution is -0.135. The molecule has 5 heteroatoms. The minimum Gasteiger partial charge on any atom is -0.467 e. The first kappa shape index (κ1) is 20.8. The quantitative estimate of drug-likeness (QED) is 0.748. The molecule has 7 atom stereocenters. The molecular formula is C26H36N2O3. The summed E-state index contributed by atoms with van der Waals surface area (Å²) in [4.78, 5) is 25.4. The second kappa shape index (κ2) is 6.98. The van der Waals surface area contributed by atoms with Gasteiger partial charge in [0.2, 0.25) is 11.8 Å². The molecule has 3 fully saturated rings. The highest BCUT2D eigenvalue weighted by Crippen LogP contribution is 2.65. The summed E-state index contributed by atoms with van der Waals surface area (Å²) in [6.45, 7) is 8.75. The van der Waals surface area contributed by atoms with Crippen LogP contribution in [0.3, 0.4) is 0 Å². The van der Waals surface area contributed by atoms with Gasteiger partial charge in [0.1, 0.15) is 5.76 Å². The van der Waals surface area contributed by atoms with Gasteiger partial charge in [-0.05, 0) is 93.7 Å². The maximum Gasteiger partial charge on any atom is 0.243 e. The molecule has 1 aliphatic heterocycles. The molecule has 0 unspecified atom stereocenters. The number of rotatable bonds is 3. The standard InChI is InChI=1S/C26H36N2O3/c1-24(2,21-6-5-15-31-21)28-23(30)19-9-8-17-16-7-10-20-26(4,14-12-22(29)27-20)18(16)11-13-25(17,19)3/h5-6,12,14-20H,7-11,13H2,1-4H3,(H,27,29)(H,28,30)/t16-,17-,18-,19+,20+,25-,26+/m0/s1. The van der Waals surface area contributed by atoms with Gasteiger partial charge in [0, 0.05) is 17.4 Å².